The standard InChI is InChI=1S/C12H28O2Si.C2H6/c1-10(2,3)13-15(12(7,8)9)14-11(4,5)6;1-2/h15H,1-9H3;1-2H3. The first-order valence-corrected chi connectivity index (χ1v) is 8.19. The molecule has 0 radical (unpaired) electrons. The number of hydrogen-bond donors (Lipinski definition) is 0. The van der Waals surface area contributed by atoms with Crippen LogP contribution < -0.4 is 0 Å². The molecule has 0 saturated carbocycles. The second-order valence-corrected chi connectivity index (χ2v) is 10.0. The predicted octanol–water partition coefficient (Wildman–Crippen LogP) is 4.66. The summed E-state index contributed by atoms with van der Waals surface area (Å²) in [4.78, 5) is 0. The molecular formula is C14H34O2Si. The molecule has 0 aromatic heterocycles. The first-order valence-electron chi connectivity index (χ1n) is 6.67. The van der Waals surface area contributed by atoms with Gasteiger partial charge in [0.15, 0.2) is 0 Å². The Morgan fingerprint density at radius 3 is 0.941 bits per heavy atom. The first-order chi connectivity index (χ1) is 7.31. The molecule has 0 N–H and O–H groups in total. The molecule has 0 aromatic carbocycles. The van der Waals surface area contributed by atoms with Crippen LogP contribution in [-0.4, -0.2) is 20.5 Å². The van der Waals surface area contributed by atoms with Crippen LogP contribution in [0.15, 0.2) is 0 Å². The quantitative estimate of drug-likeness (QED) is 0.674. The van der Waals surface area contributed by atoms with Crippen LogP contribution in [0.4, 0.5) is 0 Å². The van der Waals surface area contributed by atoms with Gasteiger partial charge in [0, 0.05) is 16.2 Å². The van der Waals surface area contributed by atoms with E-state index in [4.69, 9.17) is 8.85 Å². The molecule has 0 fully saturated rings. The van der Waals surface area contributed by atoms with Crippen molar-refractivity contribution >= 4 is 9.28 Å². The van der Waals surface area contributed by atoms with Crippen LogP contribution in [0.5, 0.6) is 0 Å². The Morgan fingerprint density at radius 1 is 0.588 bits per heavy atom. The van der Waals surface area contributed by atoms with Crippen LogP contribution in [-0.2, 0) is 8.85 Å². The van der Waals surface area contributed by atoms with E-state index in [0.717, 1.165) is 0 Å². The Kier molecular flexibility index (Phi) is 7.91. The van der Waals surface area contributed by atoms with Crippen molar-refractivity contribution in [2.45, 2.75) is 92.4 Å². The fraction of sp³-hybridized carbons (Fsp3) is 1.00. The van der Waals surface area contributed by atoms with Crippen LogP contribution in [0.25, 0.3) is 0 Å². The molecule has 0 aromatic rings. The maximum absolute atomic E-state index is 6.09. The Balaban J connectivity index is 0. The molecule has 106 valence electrons. The molecule has 2 nitrogen and oxygen atoms in total. The van der Waals surface area contributed by atoms with Crippen LogP contribution >= 0.6 is 0 Å². The Hall–Kier alpha value is 0.137. The highest BCUT2D eigenvalue weighted by molar-refractivity contribution is 6.48. The van der Waals surface area contributed by atoms with E-state index in [1.165, 1.54) is 0 Å². The molecule has 0 amide bonds. The minimum absolute atomic E-state index is 0.116. The Morgan fingerprint density at radius 2 is 0.824 bits per heavy atom. The molecule has 0 heterocycles. The monoisotopic (exact) mass is 262 g/mol. The summed E-state index contributed by atoms with van der Waals surface area (Å²) < 4.78 is 12.2. The second-order valence-electron chi connectivity index (χ2n) is 7.16. The van der Waals surface area contributed by atoms with Crippen molar-refractivity contribution in [1.29, 1.82) is 0 Å². The third-order valence-corrected chi connectivity index (χ3v) is 4.88. The maximum atomic E-state index is 6.09. The van der Waals surface area contributed by atoms with E-state index in [1.807, 2.05) is 13.8 Å². The fourth-order valence-electron chi connectivity index (χ4n) is 1.02. The zero-order valence-corrected chi connectivity index (χ0v) is 15.0. The molecule has 0 saturated heterocycles. The lowest BCUT2D eigenvalue weighted by atomic mass is 10.2. The summed E-state index contributed by atoms with van der Waals surface area (Å²) in [5, 5.41) is 0.126. The zero-order valence-electron chi connectivity index (χ0n) is 13.9. The predicted molar refractivity (Wildman–Crippen MR) is 79.9 cm³/mol. The minimum Gasteiger partial charge on any atom is -0.391 e. The topological polar surface area (TPSA) is 18.5 Å². The SMILES string of the molecule is CC.CC(C)(C)O[SiH](OC(C)(C)C)C(C)(C)C. The van der Waals surface area contributed by atoms with E-state index in [2.05, 4.69) is 62.3 Å². The lowest BCUT2D eigenvalue weighted by molar-refractivity contribution is 0.0238. The van der Waals surface area contributed by atoms with Crippen molar-refractivity contribution in [2.75, 3.05) is 0 Å². The second kappa shape index (κ2) is 6.91. The van der Waals surface area contributed by atoms with Crippen LogP contribution in [0, 0.1) is 0 Å². The summed E-state index contributed by atoms with van der Waals surface area (Å²) in [6.45, 7) is 23.1. The Labute approximate surface area is 111 Å². The van der Waals surface area contributed by atoms with Crippen molar-refractivity contribution in [3.63, 3.8) is 0 Å². The van der Waals surface area contributed by atoms with Gasteiger partial charge in [-0.1, -0.05) is 34.6 Å². The highest BCUT2D eigenvalue weighted by Crippen LogP contribution is 2.33. The molecule has 0 bridgehead atoms. The summed E-state index contributed by atoms with van der Waals surface area (Å²) in [7, 11) is -1.67. The Bertz CT molecular complexity index is 178. The lowest BCUT2D eigenvalue weighted by Gasteiger charge is -2.38. The van der Waals surface area contributed by atoms with Gasteiger partial charge in [-0.2, -0.15) is 0 Å². The first kappa shape index (κ1) is 19.5. The molecule has 3 heteroatoms. The summed E-state index contributed by atoms with van der Waals surface area (Å²) in [5.74, 6) is 0. The molecule has 0 aliphatic rings. The molecule has 0 unspecified atom stereocenters. The molecule has 0 aliphatic heterocycles. The highest BCUT2D eigenvalue weighted by Gasteiger charge is 2.36. The van der Waals surface area contributed by atoms with Gasteiger partial charge >= 0.3 is 9.28 Å². The molecule has 0 aliphatic carbocycles. The maximum Gasteiger partial charge on any atom is 0.327 e. The van der Waals surface area contributed by atoms with Crippen LogP contribution in [0.1, 0.15) is 76.2 Å². The smallest absolute Gasteiger partial charge is 0.327 e. The van der Waals surface area contributed by atoms with Crippen LogP contribution in [0.2, 0.25) is 5.04 Å². The summed E-state index contributed by atoms with van der Waals surface area (Å²) in [6, 6.07) is 0. The fourth-order valence-corrected chi connectivity index (χ4v) is 3.06. The highest BCUT2D eigenvalue weighted by atomic mass is 28.3. The third kappa shape index (κ3) is 12.4. The normalized spacial score (nSPS) is 13.4. The van der Waals surface area contributed by atoms with Gasteiger partial charge in [-0.15, -0.1) is 0 Å². The van der Waals surface area contributed by atoms with Crippen molar-refractivity contribution in [2.24, 2.45) is 0 Å². The van der Waals surface area contributed by atoms with E-state index in [1.54, 1.807) is 0 Å². The zero-order chi connectivity index (χ0) is 14.5. The van der Waals surface area contributed by atoms with Gasteiger partial charge in [0.2, 0.25) is 0 Å². The third-order valence-electron chi connectivity index (χ3n) is 1.63. The van der Waals surface area contributed by atoms with Crippen molar-refractivity contribution < 1.29 is 8.85 Å². The van der Waals surface area contributed by atoms with E-state index in [0.29, 0.717) is 0 Å². The molecular weight excluding hydrogens is 228 g/mol. The van der Waals surface area contributed by atoms with Gasteiger partial charge in [-0.05, 0) is 41.5 Å². The van der Waals surface area contributed by atoms with E-state index in [-0.39, 0.29) is 16.2 Å². The molecule has 17 heavy (non-hydrogen) atoms. The summed E-state index contributed by atoms with van der Waals surface area (Å²) >= 11 is 0. The van der Waals surface area contributed by atoms with Gasteiger partial charge in [-0.25, -0.2) is 0 Å². The molecule has 0 atom stereocenters. The van der Waals surface area contributed by atoms with Crippen LogP contribution in [0.3, 0.4) is 0 Å². The van der Waals surface area contributed by atoms with E-state index >= 15 is 0 Å². The van der Waals surface area contributed by atoms with Gasteiger partial charge in [0.1, 0.15) is 0 Å². The molecule has 0 spiro atoms. The lowest BCUT2D eigenvalue weighted by Crippen LogP contribution is -2.44. The van der Waals surface area contributed by atoms with Crippen molar-refractivity contribution in [3.05, 3.63) is 0 Å². The number of rotatable bonds is 2. The van der Waals surface area contributed by atoms with Gasteiger partial charge in [0.05, 0.1) is 0 Å². The van der Waals surface area contributed by atoms with E-state index in [9.17, 15) is 0 Å². The number of hydrogen-bond acceptors (Lipinski definition) is 2. The van der Waals surface area contributed by atoms with Gasteiger partial charge < -0.3 is 8.85 Å². The summed E-state index contributed by atoms with van der Waals surface area (Å²) in [6.07, 6.45) is 0. The van der Waals surface area contributed by atoms with E-state index < -0.39 is 9.28 Å². The summed E-state index contributed by atoms with van der Waals surface area (Å²) in [5.41, 5.74) is -0.231. The average molecular weight is 263 g/mol. The van der Waals surface area contributed by atoms with Crippen molar-refractivity contribution in [3.8, 4) is 0 Å². The van der Waals surface area contributed by atoms with Gasteiger partial charge in [-0.3, -0.25) is 0 Å². The average Bonchev–Trinajstić information content (AvgIpc) is 1.99. The van der Waals surface area contributed by atoms with Gasteiger partial charge in [0.25, 0.3) is 0 Å². The molecule has 0 rings (SSSR count). The largest absolute Gasteiger partial charge is 0.391 e. The van der Waals surface area contributed by atoms with Crippen molar-refractivity contribution in [1.82, 2.24) is 0 Å². The minimum atomic E-state index is -1.67.